The Morgan fingerprint density at radius 2 is 2.00 bits per heavy atom. The molecule has 154 valence electrons. The van der Waals surface area contributed by atoms with Crippen molar-refractivity contribution in [3.8, 4) is 5.69 Å². The molecule has 2 aromatic carbocycles. The van der Waals surface area contributed by atoms with E-state index >= 15 is 0 Å². The molecule has 0 radical (unpaired) electrons. The zero-order valence-electron chi connectivity index (χ0n) is 16.2. The van der Waals surface area contributed by atoms with E-state index in [-0.39, 0.29) is 23.4 Å². The summed E-state index contributed by atoms with van der Waals surface area (Å²) in [6.45, 7) is 1.53. The lowest BCUT2D eigenvalue weighted by atomic mass is 10.2. The van der Waals surface area contributed by atoms with Crippen LogP contribution in [0.3, 0.4) is 0 Å². The Balaban J connectivity index is 1.39. The molecule has 0 bridgehead atoms. The van der Waals surface area contributed by atoms with Crippen molar-refractivity contribution >= 4 is 33.7 Å². The van der Waals surface area contributed by atoms with E-state index in [9.17, 15) is 14.0 Å². The number of H-pyrrole nitrogens is 1. The van der Waals surface area contributed by atoms with Crippen LogP contribution in [-0.4, -0.2) is 40.6 Å². The molecule has 11 heteroatoms. The second kappa shape index (κ2) is 7.13. The largest absolute Gasteiger partial charge is 0.342 e. The van der Waals surface area contributed by atoms with Gasteiger partial charge in [0.2, 0.25) is 5.91 Å². The van der Waals surface area contributed by atoms with Crippen LogP contribution in [-0.2, 0) is 11.3 Å². The monoisotopic (exact) mass is 418 g/mol. The van der Waals surface area contributed by atoms with Gasteiger partial charge in [-0.25, -0.2) is 18.7 Å². The van der Waals surface area contributed by atoms with Crippen molar-refractivity contribution in [1.82, 2.24) is 34.7 Å². The van der Waals surface area contributed by atoms with Crippen LogP contribution in [0.1, 0.15) is 5.82 Å². The predicted octanol–water partition coefficient (Wildman–Crippen LogP) is 1.94. The SMILES string of the molecule is Cc1nc2ccc(NC(=O)Cn3nnc4c(cnn4-c4ccc(F)cc4)c3=O)cc2[nH]1. The van der Waals surface area contributed by atoms with E-state index in [1.54, 1.807) is 18.2 Å². The Morgan fingerprint density at radius 1 is 1.19 bits per heavy atom. The number of benzene rings is 2. The second-order valence-corrected chi connectivity index (χ2v) is 6.92. The highest BCUT2D eigenvalue weighted by Crippen LogP contribution is 2.17. The van der Waals surface area contributed by atoms with Crippen molar-refractivity contribution in [2.75, 3.05) is 5.32 Å². The Bertz CT molecular complexity index is 1500. The van der Waals surface area contributed by atoms with Gasteiger partial charge in [-0.3, -0.25) is 9.59 Å². The van der Waals surface area contributed by atoms with Crippen LogP contribution in [0, 0.1) is 12.7 Å². The number of hydrogen-bond donors (Lipinski definition) is 2. The van der Waals surface area contributed by atoms with Crippen molar-refractivity contribution in [3.05, 3.63) is 70.7 Å². The molecular weight excluding hydrogens is 403 g/mol. The third-order valence-electron chi connectivity index (χ3n) is 4.70. The van der Waals surface area contributed by atoms with E-state index in [4.69, 9.17) is 0 Å². The maximum Gasteiger partial charge on any atom is 0.281 e. The van der Waals surface area contributed by atoms with Gasteiger partial charge in [0.05, 0.1) is 22.9 Å². The smallest absolute Gasteiger partial charge is 0.281 e. The molecule has 0 fully saturated rings. The fourth-order valence-electron chi connectivity index (χ4n) is 3.29. The van der Waals surface area contributed by atoms with Gasteiger partial charge in [0.15, 0.2) is 5.65 Å². The molecule has 10 nitrogen and oxygen atoms in total. The lowest BCUT2D eigenvalue weighted by Gasteiger charge is -2.07. The number of nitrogens with zero attached hydrogens (tertiary/aromatic N) is 6. The molecule has 0 aliphatic heterocycles. The quantitative estimate of drug-likeness (QED) is 0.460. The minimum absolute atomic E-state index is 0.196. The number of halogens is 1. The van der Waals surface area contributed by atoms with Crippen LogP contribution in [0.4, 0.5) is 10.1 Å². The number of aromatic amines is 1. The van der Waals surface area contributed by atoms with Gasteiger partial charge in [-0.05, 0) is 49.4 Å². The third kappa shape index (κ3) is 3.41. The zero-order chi connectivity index (χ0) is 21.5. The van der Waals surface area contributed by atoms with Crippen LogP contribution >= 0.6 is 0 Å². The molecule has 0 saturated heterocycles. The summed E-state index contributed by atoms with van der Waals surface area (Å²) >= 11 is 0. The van der Waals surface area contributed by atoms with E-state index in [0.717, 1.165) is 21.5 Å². The lowest BCUT2D eigenvalue weighted by molar-refractivity contribution is -0.117. The normalized spacial score (nSPS) is 11.3. The highest BCUT2D eigenvalue weighted by molar-refractivity contribution is 5.93. The van der Waals surface area contributed by atoms with Crippen molar-refractivity contribution in [2.45, 2.75) is 13.5 Å². The fourth-order valence-corrected chi connectivity index (χ4v) is 3.29. The molecule has 5 rings (SSSR count). The van der Waals surface area contributed by atoms with Gasteiger partial charge in [0.25, 0.3) is 5.56 Å². The standard InChI is InChI=1S/C20H15FN8O2/c1-11-23-16-7-4-13(8-17(16)24-11)25-18(30)10-28-20(31)15-9-22-29(19(15)26-27-28)14-5-2-12(21)3-6-14/h2-9H,10H2,1H3,(H,23,24)(H,25,30). The average Bonchev–Trinajstić information content (AvgIpc) is 3.33. The van der Waals surface area contributed by atoms with Gasteiger partial charge < -0.3 is 10.3 Å². The van der Waals surface area contributed by atoms with Crippen molar-refractivity contribution < 1.29 is 9.18 Å². The number of aromatic nitrogens is 7. The number of amides is 1. The van der Waals surface area contributed by atoms with Crippen LogP contribution < -0.4 is 10.9 Å². The molecule has 0 aliphatic carbocycles. The molecule has 3 aromatic heterocycles. The van der Waals surface area contributed by atoms with E-state index < -0.39 is 11.5 Å². The number of imidazole rings is 1. The number of rotatable bonds is 4. The molecule has 0 spiro atoms. The van der Waals surface area contributed by atoms with Gasteiger partial charge in [0.1, 0.15) is 23.6 Å². The van der Waals surface area contributed by atoms with Crippen LogP contribution in [0.25, 0.3) is 27.8 Å². The number of fused-ring (bicyclic) bond motifs is 2. The highest BCUT2D eigenvalue weighted by Gasteiger charge is 2.15. The summed E-state index contributed by atoms with van der Waals surface area (Å²) in [5, 5.41) is 15.0. The number of carbonyl (C=O) groups excluding carboxylic acids is 1. The Kier molecular flexibility index (Phi) is 4.28. The molecule has 3 heterocycles. The summed E-state index contributed by atoms with van der Waals surface area (Å²) in [5.74, 6) is -0.0477. The predicted molar refractivity (Wildman–Crippen MR) is 110 cm³/mol. The van der Waals surface area contributed by atoms with E-state index in [0.29, 0.717) is 11.4 Å². The molecule has 0 unspecified atom stereocenters. The van der Waals surface area contributed by atoms with E-state index in [1.165, 1.54) is 35.1 Å². The maximum absolute atomic E-state index is 13.2. The summed E-state index contributed by atoms with van der Waals surface area (Å²) in [7, 11) is 0. The van der Waals surface area contributed by atoms with E-state index in [2.05, 4.69) is 30.7 Å². The van der Waals surface area contributed by atoms with Gasteiger partial charge in [-0.2, -0.15) is 5.10 Å². The first-order chi connectivity index (χ1) is 15.0. The van der Waals surface area contributed by atoms with Gasteiger partial charge >= 0.3 is 0 Å². The molecule has 5 aromatic rings. The molecule has 0 aliphatic rings. The molecule has 0 saturated carbocycles. The minimum Gasteiger partial charge on any atom is -0.342 e. The van der Waals surface area contributed by atoms with Crippen molar-refractivity contribution in [2.24, 2.45) is 0 Å². The van der Waals surface area contributed by atoms with Gasteiger partial charge in [-0.15, -0.1) is 5.10 Å². The van der Waals surface area contributed by atoms with Gasteiger partial charge in [-0.1, -0.05) is 5.21 Å². The third-order valence-corrected chi connectivity index (χ3v) is 4.70. The van der Waals surface area contributed by atoms with Crippen molar-refractivity contribution in [1.29, 1.82) is 0 Å². The molecule has 31 heavy (non-hydrogen) atoms. The molecule has 1 amide bonds. The number of nitrogens with one attached hydrogen (secondary N) is 2. The average molecular weight is 418 g/mol. The topological polar surface area (TPSA) is 123 Å². The van der Waals surface area contributed by atoms with E-state index in [1.807, 2.05) is 6.92 Å². The zero-order valence-corrected chi connectivity index (χ0v) is 16.2. The summed E-state index contributed by atoms with van der Waals surface area (Å²) < 4.78 is 15.5. The summed E-state index contributed by atoms with van der Waals surface area (Å²) in [6, 6.07) is 10.9. The minimum atomic E-state index is -0.506. The Labute approximate surface area is 173 Å². The first-order valence-electron chi connectivity index (χ1n) is 9.31. The fraction of sp³-hybridized carbons (Fsp3) is 0.100. The summed E-state index contributed by atoms with van der Waals surface area (Å²) in [5.41, 5.74) is 2.39. The summed E-state index contributed by atoms with van der Waals surface area (Å²) in [6.07, 6.45) is 1.35. The molecular formula is C20H15FN8O2. The lowest BCUT2D eigenvalue weighted by Crippen LogP contribution is -2.30. The first kappa shape index (κ1) is 18.6. The molecule has 0 atom stereocenters. The highest BCUT2D eigenvalue weighted by atomic mass is 19.1. The second-order valence-electron chi connectivity index (χ2n) is 6.92. The molecule has 2 N–H and O–H groups in total. The van der Waals surface area contributed by atoms with Gasteiger partial charge in [0, 0.05) is 5.69 Å². The number of anilines is 1. The number of hydrogen-bond acceptors (Lipinski definition) is 6. The van der Waals surface area contributed by atoms with Crippen LogP contribution in [0.2, 0.25) is 0 Å². The van der Waals surface area contributed by atoms with Crippen molar-refractivity contribution in [3.63, 3.8) is 0 Å². The first-order valence-corrected chi connectivity index (χ1v) is 9.31. The maximum atomic E-state index is 13.2. The number of carbonyl (C=O) groups is 1. The number of aryl methyl sites for hydroxylation is 1. The van der Waals surface area contributed by atoms with Crippen LogP contribution in [0.5, 0.6) is 0 Å². The van der Waals surface area contributed by atoms with Crippen LogP contribution in [0.15, 0.2) is 53.5 Å². The summed E-state index contributed by atoms with van der Waals surface area (Å²) in [4.78, 5) is 32.6. The Hall–Kier alpha value is -4.41. The Morgan fingerprint density at radius 3 is 2.81 bits per heavy atom.